The summed E-state index contributed by atoms with van der Waals surface area (Å²) < 4.78 is 15.5. The first-order valence-electron chi connectivity index (χ1n) is 4.49. The van der Waals surface area contributed by atoms with E-state index < -0.39 is 0 Å². The number of rotatable bonds is 8. The van der Waals surface area contributed by atoms with Crippen molar-refractivity contribution in [2.75, 3.05) is 33.5 Å². The van der Waals surface area contributed by atoms with Crippen LogP contribution in [0.25, 0.3) is 0 Å². The lowest BCUT2D eigenvalue weighted by Gasteiger charge is -2.12. The maximum Gasteiger partial charge on any atom is 0.0703 e. The van der Waals surface area contributed by atoms with E-state index in [1.807, 2.05) is 6.92 Å². The first-order valence-corrected chi connectivity index (χ1v) is 4.49. The Morgan fingerprint density at radius 1 is 1.17 bits per heavy atom. The quantitative estimate of drug-likeness (QED) is 0.524. The van der Waals surface area contributed by atoms with Crippen molar-refractivity contribution in [1.29, 1.82) is 0 Å². The zero-order valence-corrected chi connectivity index (χ0v) is 8.34. The van der Waals surface area contributed by atoms with Crippen molar-refractivity contribution in [3.8, 4) is 0 Å². The van der Waals surface area contributed by atoms with Gasteiger partial charge in [-0.3, -0.25) is 0 Å². The van der Waals surface area contributed by atoms with Gasteiger partial charge in [-0.25, -0.2) is 0 Å². The highest BCUT2D eigenvalue weighted by Crippen LogP contribution is 1.97. The number of ether oxygens (including phenoxy) is 3. The molecule has 0 amide bonds. The lowest BCUT2D eigenvalue weighted by molar-refractivity contribution is 0.00743. The predicted octanol–water partition coefficient (Wildman–Crippen LogP) is 1.46. The van der Waals surface area contributed by atoms with E-state index in [9.17, 15) is 0 Å². The second-order valence-corrected chi connectivity index (χ2v) is 2.66. The molecule has 3 nitrogen and oxygen atoms in total. The molecule has 0 aliphatic heterocycles. The van der Waals surface area contributed by atoms with Crippen LogP contribution in [0.5, 0.6) is 0 Å². The summed E-state index contributed by atoms with van der Waals surface area (Å²) in [6.45, 7) is 6.95. The molecular weight excluding hydrogens is 156 g/mol. The van der Waals surface area contributed by atoms with Crippen LogP contribution in [-0.4, -0.2) is 39.6 Å². The molecule has 0 saturated heterocycles. The van der Waals surface area contributed by atoms with Crippen LogP contribution in [0, 0.1) is 0 Å². The Hall–Kier alpha value is -0.120. The number of hydrogen-bond donors (Lipinski definition) is 0. The molecule has 0 spiro atoms. The molecule has 1 atom stereocenters. The highest BCUT2D eigenvalue weighted by molar-refractivity contribution is 4.48. The van der Waals surface area contributed by atoms with Crippen molar-refractivity contribution in [2.45, 2.75) is 26.4 Å². The Labute approximate surface area is 75.0 Å². The Balaban J connectivity index is 3.04. The minimum absolute atomic E-state index is 0.270. The topological polar surface area (TPSA) is 27.7 Å². The van der Waals surface area contributed by atoms with Gasteiger partial charge in [0.05, 0.1) is 19.3 Å². The molecular formula is C9H20O3. The van der Waals surface area contributed by atoms with Crippen LogP contribution in [0.15, 0.2) is 0 Å². The first kappa shape index (κ1) is 11.9. The molecule has 0 aromatic heterocycles. The van der Waals surface area contributed by atoms with Gasteiger partial charge in [-0.1, -0.05) is 0 Å². The van der Waals surface area contributed by atoms with Gasteiger partial charge >= 0.3 is 0 Å². The van der Waals surface area contributed by atoms with Gasteiger partial charge in [-0.2, -0.15) is 0 Å². The van der Waals surface area contributed by atoms with Crippen LogP contribution in [0.4, 0.5) is 0 Å². The van der Waals surface area contributed by atoms with E-state index >= 15 is 0 Å². The van der Waals surface area contributed by atoms with Crippen LogP contribution < -0.4 is 0 Å². The lowest BCUT2D eigenvalue weighted by atomic mass is 10.3. The summed E-state index contributed by atoms with van der Waals surface area (Å²) in [6.07, 6.45) is 1.23. The summed E-state index contributed by atoms with van der Waals surface area (Å²) >= 11 is 0. The molecule has 0 heterocycles. The molecule has 0 rings (SSSR count). The van der Waals surface area contributed by atoms with Crippen molar-refractivity contribution in [3.63, 3.8) is 0 Å². The second kappa shape index (κ2) is 8.97. The maximum absolute atomic E-state index is 5.42. The second-order valence-electron chi connectivity index (χ2n) is 2.66. The van der Waals surface area contributed by atoms with E-state index in [2.05, 4.69) is 6.92 Å². The fourth-order valence-corrected chi connectivity index (χ4v) is 0.810. The van der Waals surface area contributed by atoms with Crippen molar-refractivity contribution in [1.82, 2.24) is 0 Å². The van der Waals surface area contributed by atoms with E-state index in [0.717, 1.165) is 19.6 Å². The highest BCUT2D eigenvalue weighted by atomic mass is 16.5. The fourth-order valence-electron chi connectivity index (χ4n) is 0.810. The maximum atomic E-state index is 5.42. The van der Waals surface area contributed by atoms with Crippen molar-refractivity contribution < 1.29 is 14.2 Å². The SMILES string of the molecule is CCOCCC(C)OCCOC. The summed E-state index contributed by atoms with van der Waals surface area (Å²) in [5, 5.41) is 0. The molecule has 0 aliphatic carbocycles. The summed E-state index contributed by atoms with van der Waals surface area (Å²) in [7, 11) is 1.67. The zero-order chi connectivity index (χ0) is 9.23. The molecule has 1 unspecified atom stereocenters. The number of hydrogen-bond acceptors (Lipinski definition) is 3. The van der Waals surface area contributed by atoms with Gasteiger partial charge in [0.15, 0.2) is 0 Å². The Kier molecular flexibility index (Phi) is 8.88. The molecule has 0 radical (unpaired) electrons. The third kappa shape index (κ3) is 7.98. The standard InChI is InChI=1S/C9H20O3/c1-4-11-6-5-9(2)12-8-7-10-3/h9H,4-8H2,1-3H3. The average Bonchev–Trinajstić information content (AvgIpc) is 2.06. The van der Waals surface area contributed by atoms with Crippen molar-refractivity contribution in [2.24, 2.45) is 0 Å². The van der Waals surface area contributed by atoms with E-state index in [-0.39, 0.29) is 6.10 Å². The molecule has 3 heteroatoms. The van der Waals surface area contributed by atoms with E-state index in [1.54, 1.807) is 7.11 Å². The van der Waals surface area contributed by atoms with Crippen LogP contribution in [-0.2, 0) is 14.2 Å². The normalized spacial score (nSPS) is 13.2. The van der Waals surface area contributed by atoms with E-state index in [1.165, 1.54) is 0 Å². The molecule has 0 aliphatic rings. The molecule has 0 aromatic rings. The third-order valence-electron chi connectivity index (χ3n) is 1.56. The average molecular weight is 176 g/mol. The molecule has 74 valence electrons. The van der Waals surface area contributed by atoms with Crippen LogP contribution in [0.2, 0.25) is 0 Å². The highest BCUT2D eigenvalue weighted by Gasteiger charge is 2.00. The van der Waals surface area contributed by atoms with Gasteiger partial charge in [-0.05, 0) is 20.3 Å². The summed E-state index contributed by atoms with van der Waals surface area (Å²) in [5.41, 5.74) is 0. The van der Waals surface area contributed by atoms with Crippen LogP contribution in [0.3, 0.4) is 0 Å². The number of methoxy groups -OCH3 is 1. The van der Waals surface area contributed by atoms with Crippen molar-refractivity contribution >= 4 is 0 Å². The van der Waals surface area contributed by atoms with Gasteiger partial charge in [0.1, 0.15) is 0 Å². The Bertz CT molecular complexity index is 75.8. The first-order chi connectivity index (χ1) is 5.81. The van der Waals surface area contributed by atoms with Gasteiger partial charge in [0.25, 0.3) is 0 Å². The monoisotopic (exact) mass is 176 g/mol. The molecule has 0 bridgehead atoms. The van der Waals surface area contributed by atoms with Gasteiger partial charge < -0.3 is 14.2 Å². The third-order valence-corrected chi connectivity index (χ3v) is 1.56. The predicted molar refractivity (Wildman–Crippen MR) is 48.4 cm³/mol. The lowest BCUT2D eigenvalue weighted by Crippen LogP contribution is -2.14. The van der Waals surface area contributed by atoms with E-state index in [4.69, 9.17) is 14.2 Å². The minimum atomic E-state index is 0.270. The molecule has 12 heavy (non-hydrogen) atoms. The van der Waals surface area contributed by atoms with Gasteiger partial charge in [-0.15, -0.1) is 0 Å². The fraction of sp³-hybridized carbons (Fsp3) is 1.00. The molecule has 0 aromatic carbocycles. The Morgan fingerprint density at radius 3 is 2.50 bits per heavy atom. The minimum Gasteiger partial charge on any atom is -0.382 e. The summed E-state index contributed by atoms with van der Waals surface area (Å²) in [4.78, 5) is 0. The smallest absolute Gasteiger partial charge is 0.0703 e. The van der Waals surface area contributed by atoms with Crippen LogP contribution >= 0.6 is 0 Å². The zero-order valence-electron chi connectivity index (χ0n) is 8.34. The summed E-state index contributed by atoms with van der Waals surface area (Å²) in [5.74, 6) is 0. The molecule has 0 saturated carbocycles. The largest absolute Gasteiger partial charge is 0.382 e. The van der Waals surface area contributed by atoms with Gasteiger partial charge in [0.2, 0.25) is 0 Å². The molecule has 0 N–H and O–H groups in total. The van der Waals surface area contributed by atoms with Crippen molar-refractivity contribution in [3.05, 3.63) is 0 Å². The van der Waals surface area contributed by atoms with Crippen LogP contribution in [0.1, 0.15) is 20.3 Å². The van der Waals surface area contributed by atoms with Gasteiger partial charge in [0, 0.05) is 20.3 Å². The molecule has 0 fully saturated rings. The summed E-state index contributed by atoms with van der Waals surface area (Å²) in [6, 6.07) is 0. The Morgan fingerprint density at radius 2 is 1.92 bits per heavy atom. The van der Waals surface area contributed by atoms with E-state index in [0.29, 0.717) is 13.2 Å².